The van der Waals surface area contributed by atoms with Gasteiger partial charge in [-0.2, -0.15) is 0 Å². The van der Waals surface area contributed by atoms with Crippen LogP contribution in [0.4, 0.5) is 5.82 Å². The summed E-state index contributed by atoms with van der Waals surface area (Å²) in [7, 11) is 0. The van der Waals surface area contributed by atoms with Gasteiger partial charge in [0.25, 0.3) is 5.91 Å². The third kappa shape index (κ3) is 3.73. The second-order valence-corrected chi connectivity index (χ2v) is 6.72. The van der Waals surface area contributed by atoms with Crippen LogP contribution in [0.2, 0.25) is 0 Å². The number of anilines is 1. The zero-order valence-electron chi connectivity index (χ0n) is 15.9. The number of nitrogens with one attached hydrogen (secondary N) is 1. The number of imidazole rings is 1. The first-order valence-electron chi connectivity index (χ1n) is 9.14. The van der Waals surface area contributed by atoms with E-state index in [1.165, 1.54) is 24.1 Å². The van der Waals surface area contributed by atoms with Crippen LogP contribution in [0.3, 0.4) is 0 Å². The number of ether oxygens (including phenoxy) is 2. The predicted octanol–water partition coefficient (Wildman–Crippen LogP) is 0.261. The fraction of sp³-hybridized carbons (Fsp3) is 0.316. The number of rotatable bonds is 5. The lowest BCUT2D eigenvalue weighted by molar-refractivity contribution is -0.147. The molecule has 3 aromatic rings. The summed E-state index contributed by atoms with van der Waals surface area (Å²) in [5, 5.41) is 23.3. The Morgan fingerprint density at radius 1 is 1.17 bits per heavy atom. The van der Waals surface area contributed by atoms with Gasteiger partial charge in [0.1, 0.15) is 31.2 Å². The van der Waals surface area contributed by atoms with Crippen LogP contribution < -0.4 is 5.32 Å². The predicted molar refractivity (Wildman–Crippen MR) is 102 cm³/mol. The first-order valence-corrected chi connectivity index (χ1v) is 9.14. The molecular formula is C19H19N5O6. The molecular weight excluding hydrogens is 394 g/mol. The number of esters is 1. The van der Waals surface area contributed by atoms with E-state index in [1.807, 2.05) is 0 Å². The maximum Gasteiger partial charge on any atom is 0.302 e. The zero-order valence-corrected chi connectivity index (χ0v) is 15.9. The number of amides is 1. The first-order chi connectivity index (χ1) is 14.5. The fourth-order valence-corrected chi connectivity index (χ4v) is 3.20. The minimum atomic E-state index is -1.31. The number of hydrogen-bond donors (Lipinski definition) is 3. The van der Waals surface area contributed by atoms with Crippen molar-refractivity contribution in [3.05, 3.63) is 48.5 Å². The Balaban J connectivity index is 1.59. The second-order valence-electron chi connectivity index (χ2n) is 6.72. The smallest absolute Gasteiger partial charge is 0.302 e. The van der Waals surface area contributed by atoms with E-state index in [9.17, 15) is 19.8 Å². The standard InChI is InChI=1S/C19H19N5O6/c1-10(25)29-7-12-14(26)15(27)19(30-12)24-9-22-13-16(20-8-21-17(13)24)23-18(28)11-5-3-2-4-6-11/h2-6,8-9,12,14-15,19,26-27H,7H2,1H3,(H,20,21,23,28)/t12-,14?,15?,19-/m1/s1. The molecule has 2 unspecified atom stereocenters. The van der Waals surface area contributed by atoms with Crippen molar-refractivity contribution in [2.45, 2.75) is 31.5 Å². The molecule has 30 heavy (non-hydrogen) atoms. The number of benzene rings is 1. The Hall–Kier alpha value is -3.41. The molecule has 11 nitrogen and oxygen atoms in total. The van der Waals surface area contributed by atoms with Crippen LogP contribution >= 0.6 is 0 Å². The maximum atomic E-state index is 12.4. The van der Waals surface area contributed by atoms with Crippen LogP contribution in [0, 0.1) is 0 Å². The molecule has 1 amide bonds. The largest absolute Gasteiger partial charge is 0.463 e. The number of nitrogens with zero attached hydrogens (tertiary/aromatic N) is 4. The van der Waals surface area contributed by atoms with E-state index in [-0.39, 0.29) is 29.5 Å². The van der Waals surface area contributed by atoms with Crippen LogP contribution in [0.15, 0.2) is 43.0 Å². The summed E-state index contributed by atoms with van der Waals surface area (Å²) in [6, 6.07) is 8.63. The molecule has 0 saturated carbocycles. The van der Waals surface area contributed by atoms with Gasteiger partial charge in [-0.1, -0.05) is 18.2 Å². The summed E-state index contributed by atoms with van der Waals surface area (Å²) in [5.74, 6) is -0.695. The highest BCUT2D eigenvalue weighted by atomic mass is 16.6. The van der Waals surface area contributed by atoms with Crippen LogP contribution in [0.25, 0.3) is 11.2 Å². The normalized spacial score (nSPS) is 23.4. The molecule has 1 aromatic carbocycles. The van der Waals surface area contributed by atoms with Crippen molar-refractivity contribution < 1.29 is 29.3 Å². The summed E-state index contributed by atoms with van der Waals surface area (Å²) < 4.78 is 12.0. The molecule has 0 spiro atoms. The van der Waals surface area contributed by atoms with E-state index in [0.29, 0.717) is 5.56 Å². The van der Waals surface area contributed by atoms with Gasteiger partial charge in [-0.3, -0.25) is 14.2 Å². The van der Waals surface area contributed by atoms with E-state index in [4.69, 9.17) is 9.47 Å². The van der Waals surface area contributed by atoms with Gasteiger partial charge in [-0.15, -0.1) is 0 Å². The minimum Gasteiger partial charge on any atom is -0.463 e. The lowest BCUT2D eigenvalue weighted by Gasteiger charge is -2.16. The van der Waals surface area contributed by atoms with Crippen LogP contribution in [-0.2, 0) is 14.3 Å². The summed E-state index contributed by atoms with van der Waals surface area (Å²) in [4.78, 5) is 35.9. The minimum absolute atomic E-state index is 0.192. The molecule has 0 aliphatic carbocycles. The van der Waals surface area contributed by atoms with Crippen molar-refractivity contribution in [2.75, 3.05) is 11.9 Å². The first kappa shape index (κ1) is 19.9. The van der Waals surface area contributed by atoms with Crippen LogP contribution in [0.5, 0.6) is 0 Å². The average molecular weight is 413 g/mol. The highest BCUT2D eigenvalue weighted by Gasteiger charge is 2.44. The third-order valence-electron chi connectivity index (χ3n) is 4.69. The van der Waals surface area contributed by atoms with Gasteiger partial charge in [0.05, 0.1) is 6.33 Å². The highest BCUT2D eigenvalue weighted by molar-refractivity contribution is 6.06. The molecule has 11 heteroatoms. The van der Waals surface area contributed by atoms with E-state index in [1.54, 1.807) is 30.3 Å². The molecule has 1 saturated heterocycles. The molecule has 4 atom stereocenters. The number of hydrogen-bond acceptors (Lipinski definition) is 9. The Morgan fingerprint density at radius 2 is 1.93 bits per heavy atom. The van der Waals surface area contributed by atoms with Gasteiger partial charge in [-0.05, 0) is 12.1 Å². The number of fused-ring (bicyclic) bond motifs is 1. The van der Waals surface area contributed by atoms with Crippen molar-refractivity contribution in [3.8, 4) is 0 Å². The highest BCUT2D eigenvalue weighted by Crippen LogP contribution is 2.32. The summed E-state index contributed by atoms with van der Waals surface area (Å²) in [6.45, 7) is 1.03. The second kappa shape index (κ2) is 8.14. The summed E-state index contributed by atoms with van der Waals surface area (Å²) >= 11 is 0. The Bertz CT molecular complexity index is 1070. The van der Waals surface area contributed by atoms with E-state index >= 15 is 0 Å². The third-order valence-corrected chi connectivity index (χ3v) is 4.69. The Morgan fingerprint density at radius 3 is 2.67 bits per heavy atom. The Kier molecular flexibility index (Phi) is 5.40. The number of aliphatic hydroxyl groups excluding tert-OH is 2. The average Bonchev–Trinajstić information content (AvgIpc) is 3.29. The molecule has 3 heterocycles. The van der Waals surface area contributed by atoms with Crippen molar-refractivity contribution in [1.82, 2.24) is 19.5 Å². The topological polar surface area (TPSA) is 149 Å². The number of carbonyl (C=O) groups excluding carboxylic acids is 2. The van der Waals surface area contributed by atoms with E-state index in [2.05, 4.69) is 20.3 Å². The molecule has 156 valence electrons. The molecule has 0 radical (unpaired) electrons. The quantitative estimate of drug-likeness (QED) is 0.501. The Labute approximate surface area is 170 Å². The fourth-order valence-electron chi connectivity index (χ4n) is 3.20. The van der Waals surface area contributed by atoms with Gasteiger partial charge in [-0.25, -0.2) is 15.0 Å². The molecule has 1 aliphatic heterocycles. The van der Waals surface area contributed by atoms with Crippen molar-refractivity contribution in [1.29, 1.82) is 0 Å². The van der Waals surface area contributed by atoms with Crippen molar-refractivity contribution >= 4 is 28.9 Å². The van der Waals surface area contributed by atoms with Gasteiger partial charge in [0.2, 0.25) is 0 Å². The number of aromatic nitrogens is 4. The van der Waals surface area contributed by atoms with Gasteiger partial charge in [0, 0.05) is 12.5 Å². The van der Waals surface area contributed by atoms with Gasteiger partial charge in [0.15, 0.2) is 23.2 Å². The monoisotopic (exact) mass is 413 g/mol. The lowest BCUT2D eigenvalue weighted by Crippen LogP contribution is -2.34. The van der Waals surface area contributed by atoms with E-state index < -0.39 is 30.5 Å². The maximum absolute atomic E-state index is 12.4. The zero-order chi connectivity index (χ0) is 21.3. The van der Waals surface area contributed by atoms with E-state index in [0.717, 1.165) is 0 Å². The van der Waals surface area contributed by atoms with Crippen molar-refractivity contribution in [3.63, 3.8) is 0 Å². The SMILES string of the molecule is CC(=O)OC[C@H]1O[C@@H](n2cnc3c(NC(=O)c4ccccc4)ncnc32)C(O)C1O. The lowest BCUT2D eigenvalue weighted by atomic mass is 10.1. The van der Waals surface area contributed by atoms with Crippen LogP contribution in [0.1, 0.15) is 23.5 Å². The van der Waals surface area contributed by atoms with Crippen LogP contribution in [-0.4, -0.2) is 66.5 Å². The number of carbonyl (C=O) groups is 2. The molecule has 0 bridgehead atoms. The molecule has 4 rings (SSSR count). The summed E-state index contributed by atoms with van der Waals surface area (Å²) in [5.41, 5.74) is 1.03. The van der Waals surface area contributed by atoms with Crippen molar-refractivity contribution in [2.24, 2.45) is 0 Å². The summed E-state index contributed by atoms with van der Waals surface area (Å²) in [6.07, 6.45) is -1.89. The molecule has 3 N–H and O–H groups in total. The van der Waals surface area contributed by atoms with Gasteiger partial charge >= 0.3 is 5.97 Å². The molecule has 2 aromatic heterocycles. The van der Waals surface area contributed by atoms with Gasteiger partial charge < -0.3 is 25.0 Å². The molecule has 1 fully saturated rings. The number of aliphatic hydroxyl groups is 2. The molecule has 1 aliphatic rings.